The van der Waals surface area contributed by atoms with Crippen molar-refractivity contribution in [2.75, 3.05) is 32.7 Å². The van der Waals surface area contributed by atoms with Gasteiger partial charge in [-0.1, -0.05) is 49.6 Å². The van der Waals surface area contributed by atoms with Crippen LogP contribution in [0.15, 0.2) is 30.3 Å². The lowest BCUT2D eigenvalue weighted by Crippen LogP contribution is -2.50. The highest BCUT2D eigenvalue weighted by Crippen LogP contribution is 2.27. The highest BCUT2D eigenvalue weighted by molar-refractivity contribution is 5.94. The molecule has 2 fully saturated rings. The van der Waals surface area contributed by atoms with Crippen molar-refractivity contribution in [1.29, 1.82) is 0 Å². The number of hydrogen-bond donors (Lipinski definition) is 2. The van der Waals surface area contributed by atoms with E-state index in [1.807, 2.05) is 35.2 Å². The first-order chi connectivity index (χ1) is 14.6. The predicted octanol–water partition coefficient (Wildman–Crippen LogP) is 2.52. The van der Waals surface area contributed by atoms with E-state index in [2.05, 4.69) is 15.5 Å². The molecule has 0 bridgehead atoms. The highest BCUT2D eigenvalue weighted by atomic mass is 16.2. The summed E-state index contributed by atoms with van der Waals surface area (Å²) in [6.45, 7) is 4.00. The summed E-state index contributed by atoms with van der Waals surface area (Å²) in [5, 5.41) is 5.07. The van der Waals surface area contributed by atoms with Gasteiger partial charge < -0.3 is 10.2 Å². The van der Waals surface area contributed by atoms with E-state index in [4.69, 9.17) is 0 Å². The smallest absolute Gasteiger partial charge is 0.321 e. The van der Waals surface area contributed by atoms with Gasteiger partial charge in [-0.25, -0.2) is 4.79 Å². The first kappa shape index (κ1) is 22.3. The van der Waals surface area contributed by atoms with E-state index in [0.29, 0.717) is 25.4 Å². The normalized spacial score (nSPS) is 18.1. The van der Waals surface area contributed by atoms with Gasteiger partial charge in [-0.05, 0) is 24.3 Å². The molecule has 1 heterocycles. The van der Waals surface area contributed by atoms with Crippen LogP contribution in [0.2, 0.25) is 0 Å². The van der Waals surface area contributed by atoms with Gasteiger partial charge in [-0.3, -0.25) is 19.8 Å². The molecule has 164 valence electrons. The number of nitrogens with one attached hydrogen (secondary N) is 2. The average Bonchev–Trinajstić information content (AvgIpc) is 2.78. The van der Waals surface area contributed by atoms with Crippen LogP contribution in [0.25, 0.3) is 0 Å². The fourth-order valence-corrected chi connectivity index (χ4v) is 4.26. The number of rotatable bonds is 7. The molecule has 1 aromatic carbocycles. The Morgan fingerprint density at radius 1 is 0.933 bits per heavy atom. The molecule has 0 aromatic heterocycles. The molecular formula is C23H34N4O3. The number of urea groups is 1. The van der Waals surface area contributed by atoms with Gasteiger partial charge in [0.2, 0.25) is 11.8 Å². The fourth-order valence-electron chi connectivity index (χ4n) is 4.26. The Balaban J connectivity index is 1.28. The standard InChI is InChI=1S/C23H34N4O3/c28-21(25-23(30)24-18-20-9-5-2-6-10-20)11-12-26-13-15-27(16-14-26)22(29)17-19-7-3-1-4-8-19/h2,5-6,9-10,19H,1,3-4,7-8,11-18H2,(H2,24,25,28,30). The molecule has 7 nitrogen and oxygen atoms in total. The monoisotopic (exact) mass is 414 g/mol. The Kier molecular flexibility index (Phi) is 8.68. The lowest BCUT2D eigenvalue weighted by molar-refractivity contribution is -0.134. The van der Waals surface area contributed by atoms with E-state index in [9.17, 15) is 14.4 Å². The second-order valence-corrected chi connectivity index (χ2v) is 8.40. The summed E-state index contributed by atoms with van der Waals surface area (Å²) in [6, 6.07) is 9.09. The van der Waals surface area contributed by atoms with Crippen LogP contribution in [-0.4, -0.2) is 60.4 Å². The lowest BCUT2D eigenvalue weighted by Gasteiger charge is -2.35. The van der Waals surface area contributed by atoms with E-state index in [1.54, 1.807) is 0 Å². The Morgan fingerprint density at radius 3 is 2.33 bits per heavy atom. The average molecular weight is 415 g/mol. The van der Waals surface area contributed by atoms with Crippen molar-refractivity contribution in [3.8, 4) is 0 Å². The maximum absolute atomic E-state index is 12.5. The minimum atomic E-state index is -0.470. The van der Waals surface area contributed by atoms with E-state index >= 15 is 0 Å². The predicted molar refractivity (Wildman–Crippen MR) is 116 cm³/mol. The minimum absolute atomic E-state index is 0.273. The Morgan fingerprint density at radius 2 is 1.63 bits per heavy atom. The number of carbonyl (C=O) groups is 3. The minimum Gasteiger partial charge on any atom is -0.340 e. The third-order valence-corrected chi connectivity index (χ3v) is 6.12. The summed E-state index contributed by atoms with van der Waals surface area (Å²) in [5.74, 6) is 0.576. The Bertz CT molecular complexity index is 696. The van der Waals surface area contributed by atoms with Crippen molar-refractivity contribution in [3.63, 3.8) is 0 Å². The molecule has 2 aliphatic rings. The maximum Gasteiger partial charge on any atom is 0.321 e. The van der Waals surface area contributed by atoms with Crippen LogP contribution in [0, 0.1) is 5.92 Å². The molecule has 2 N–H and O–H groups in total. The molecule has 7 heteroatoms. The number of carbonyl (C=O) groups excluding carboxylic acids is 3. The fraction of sp³-hybridized carbons (Fsp3) is 0.609. The lowest BCUT2D eigenvalue weighted by atomic mass is 9.86. The molecule has 1 saturated carbocycles. The summed E-state index contributed by atoms with van der Waals surface area (Å²) in [5.41, 5.74) is 0.982. The molecule has 3 rings (SSSR count). The van der Waals surface area contributed by atoms with Gasteiger partial charge in [0.25, 0.3) is 0 Å². The van der Waals surface area contributed by atoms with Crippen LogP contribution in [0.3, 0.4) is 0 Å². The molecule has 1 aliphatic carbocycles. The van der Waals surface area contributed by atoms with Gasteiger partial charge in [0.05, 0.1) is 0 Å². The van der Waals surface area contributed by atoms with Crippen LogP contribution < -0.4 is 10.6 Å². The Hall–Kier alpha value is -2.41. The molecule has 1 aliphatic heterocycles. The summed E-state index contributed by atoms with van der Waals surface area (Å²) < 4.78 is 0. The molecule has 0 spiro atoms. The molecule has 30 heavy (non-hydrogen) atoms. The molecule has 1 aromatic rings. The first-order valence-electron chi connectivity index (χ1n) is 11.2. The second-order valence-electron chi connectivity index (χ2n) is 8.40. The summed E-state index contributed by atoms with van der Waals surface area (Å²) >= 11 is 0. The van der Waals surface area contributed by atoms with Crippen molar-refractivity contribution in [1.82, 2.24) is 20.4 Å². The number of nitrogens with zero attached hydrogens (tertiary/aromatic N) is 2. The molecule has 1 saturated heterocycles. The number of amides is 4. The molecular weight excluding hydrogens is 380 g/mol. The van der Waals surface area contributed by atoms with Crippen LogP contribution in [0.5, 0.6) is 0 Å². The number of benzene rings is 1. The van der Waals surface area contributed by atoms with Crippen LogP contribution in [-0.2, 0) is 16.1 Å². The van der Waals surface area contributed by atoms with Gasteiger partial charge in [-0.2, -0.15) is 0 Å². The SMILES string of the molecule is O=C(CCN1CCN(C(=O)CC2CCCCC2)CC1)NC(=O)NCc1ccccc1. The highest BCUT2D eigenvalue weighted by Gasteiger charge is 2.24. The van der Waals surface area contributed by atoms with E-state index in [0.717, 1.165) is 31.7 Å². The van der Waals surface area contributed by atoms with Crippen LogP contribution in [0.1, 0.15) is 50.5 Å². The topological polar surface area (TPSA) is 81.8 Å². The van der Waals surface area contributed by atoms with Gasteiger partial charge in [-0.15, -0.1) is 0 Å². The molecule has 4 amide bonds. The largest absolute Gasteiger partial charge is 0.340 e. The second kappa shape index (κ2) is 11.7. The van der Waals surface area contributed by atoms with E-state index < -0.39 is 6.03 Å². The molecule has 0 radical (unpaired) electrons. The van der Waals surface area contributed by atoms with Crippen molar-refractivity contribution in [2.45, 2.75) is 51.5 Å². The van der Waals surface area contributed by atoms with Gasteiger partial charge in [0, 0.05) is 52.1 Å². The quantitative estimate of drug-likeness (QED) is 0.718. The van der Waals surface area contributed by atoms with Crippen LogP contribution in [0.4, 0.5) is 4.79 Å². The molecule has 0 atom stereocenters. The van der Waals surface area contributed by atoms with Crippen LogP contribution >= 0.6 is 0 Å². The number of imide groups is 1. The summed E-state index contributed by atoms with van der Waals surface area (Å²) in [6.07, 6.45) is 7.19. The zero-order chi connectivity index (χ0) is 21.2. The van der Waals surface area contributed by atoms with E-state index in [-0.39, 0.29) is 18.2 Å². The number of hydrogen-bond acceptors (Lipinski definition) is 4. The maximum atomic E-state index is 12.5. The van der Waals surface area contributed by atoms with Crippen molar-refractivity contribution >= 4 is 17.8 Å². The Labute approximate surface area is 179 Å². The summed E-state index contributed by atoms with van der Waals surface area (Å²) in [4.78, 5) is 40.6. The van der Waals surface area contributed by atoms with Crippen molar-refractivity contribution in [2.24, 2.45) is 5.92 Å². The third kappa shape index (κ3) is 7.44. The van der Waals surface area contributed by atoms with Gasteiger partial charge >= 0.3 is 6.03 Å². The van der Waals surface area contributed by atoms with Crippen molar-refractivity contribution < 1.29 is 14.4 Å². The zero-order valence-corrected chi connectivity index (χ0v) is 17.8. The molecule has 0 unspecified atom stereocenters. The van der Waals surface area contributed by atoms with Gasteiger partial charge in [0.1, 0.15) is 0 Å². The van der Waals surface area contributed by atoms with E-state index in [1.165, 1.54) is 32.1 Å². The summed E-state index contributed by atoms with van der Waals surface area (Å²) in [7, 11) is 0. The number of piperazine rings is 1. The van der Waals surface area contributed by atoms with Crippen molar-refractivity contribution in [3.05, 3.63) is 35.9 Å². The first-order valence-corrected chi connectivity index (χ1v) is 11.2. The third-order valence-electron chi connectivity index (χ3n) is 6.12. The zero-order valence-electron chi connectivity index (χ0n) is 17.8. The van der Waals surface area contributed by atoms with Gasteiger partial charge in [0.15, 0.2) is 0 Å².